The average Bonchev–Trinajstić information content (AvgIpc) is 3.32. The van der Waals surface area contributed by atoms with Gasteiger partial charge in [-0.05, 0) is 42.8 Å². The highest BCUT2D eigenvalue weighted by atomic mass is 32.2. The molecule has 0 saturated heterocycles. The van der Waals surface area contributed by atoms with Crippen molar-refractivity contribution in [3.8, 4) is 5.82 Å². The number of thioether (sulfide) groups is 1. The number of carbonyl (C=O) groups excluding carboxylic acids is 1. The number of amides is 1. The van der Waals surface area contributed by atoms with Crippen LogP contribution >= 0.6 is 23.1 Å². The molecule has 0 unspecified atom stereocenters. The van der Waals surface area contributed by atoms with E-state index in [4.69, 9.17) is 9.97 Å². The molecule has 3 heterocycles. The van der Waals surface area contributed by atoms with Crippen molar-refractivity contribution < 1.29 is 4.79 Å². The number of benzene rings is 2. The van der Waals surface area contributed by atoms with Gasteiger partial charge in [0.2, 0.25) is 5.91 Å². The molecule has 0 N–H and O–H groups in total. The van der Waals surface area contributed by atoms with E-state index in [2.05, 4.69) is 4.98 Å². The smallest absolute Gasteiger partial charge is 0.267 e. The molecule has 174 valence electrons. The van der Waals surface area contributed by atoms with Gasteiger partial charge in [0.05, 0.1) is 22.3 Å². The molecule has 0 spiro atoms. The molecule has 0 aliphatic heterocycles. The number of fused-ring (bicyclic) bond motifs is 1. The fraction of sp³-hybridized carbons (Fsp3) is 0.115. The summed E-state index contributed by atoms with van der Waals surface area (Å²) < 4.78 is 1.55. The van der Waals surface area contributed by atoms with Gasteiger partial charge in [-0.1, -0.05) is 48.2 Å². The fourth-order valence-electron chi connectivity index (χ4n) is 3.61. The summed E-state index contributed by atoms with van der Waals surface area (Å²) in [6.45, 7) is 3.47. The number of para-hydroxylation sites is 2. The van der Waals surface area contributed by atoms with Gasteiger partial charge in [-0.3, -0.25) is 14.5 Å². The zero-order valence-corrected chi connectivity index (χ0v) is 20.7. The van der Waals surface area contributed by atoms with E-state index in [-0.39, 0.29) is 11.5 Å². The first-order chi connectivity index (χ1) is 17.0. The first-order valence-corrected chi connectivity index (χ1v) is 12.8. The molecule has 35 heavy (non-hydrogen) atoms. The number of rotatable bonds is 6. The van der Waals surface area contributed by atoms with Crippen molar-refractivity contribution >= 4 is 50.7 Å². The molecule has 3 aromatic heterocycles. The number of anilines is 2. The van der Waals surface area contributed by atoms with Gasteiger partial charge in [-0.15, -0.1) is 11.3 Å². The first kappa shape index (κ1) is 22.9. The van der Waals surface area contributed by atoms with Gasteiger partial charge in [0.1, 0.15) is 5.82 Å². The quantitative estimate of drug-likeness (QED) is 0.226. The molecule has 5 rings (SSSR count). The van der Waals surface area contributed by atoms with E-state index in [9.17, 15) is 9.59 Å². The third kappa shape index (κ3) is 4.73. The molecule has 5 aromatic rings. The lowest BCUT2D eigenvalue weighted by Crippen LogP contribution is -2.23. The summed E-state index contributed by atoms with van der Waals surface area (Å²) in [4.78, 5) is 41.3. The molecule has 0 radical (unpaired) electrons. The third-order valence-corrected chi connectivity index (χ3v) is 7.13. The highest BCUT2D eigenvalue weighted by Crippen LogP contribution is 2.31. The lowest BCUT2D eigenvalue weighted by atomic mass is 10.2. The van der Waals surface area contributed by atoms with Gasteiger partial charge in [-0.2, -0.15) is 0 Å². The average molecular weight is 500 g/mol. The molecule has 0 aliphatic carbocycles. The van der Waals surface area contributed by atoms with Gasteiger partial charge in [0.25, 0.3) is 5.56 Å². The summed E-state index contributed by atoms with van der Waals surface area (Å²) in [5.41, 5.74) is 3.04. The van der Waals surface area contributed by atoms with E-state index in [1.54, 1.807) is 21.7 Å². The van der Waals surface area contributed by atoms with Crippen LogP contribution in [0.1, 0.15) is 18.2 Å². The predicted molar refractivity (Wildman–Crippen MR) is 141 cm³/mol. The molecule has 0 bridgehead atoms. The Morgan fingerprint density at radius 2 is 1.80 bits per heavy atom. The Hall–Kier alpha value is -3.82. The van der Waals surface area contributed by atoms with Crippen molar-refractivity contribution in [1.29, 1.82) is 0 Å². The van der Waals surface area contributed by atoms with Crippen LogP contribution in [0, 0.1) is 6.92 Å². The number of aromatic nitrogens is 4. The van der Waals surface area contributed by atoms with Crippen LogP contribution in [-0.2, 0) is 10.5 Å². The van der Waals surface area contributed by atoms with E-state index < -0.39 is 0 Å². The zero-order chi connectivity index (χ0) is 24.4. The lowest BCUT2D eigenvalue weighted by Gasteiger charge is -2.17. The van der Waals surface area contributed by atoms with E-state index >= 15 is 0 Å². The fourth-order valence-corrected chi connectivity index (χ4v) is 5.50. The Labute approximate surface area is 210 Å². The van der Waals surface area contributed by atoms with E-state index in [1.165, 1.54) is 30.0 Å². The van der Waals surface area contributed by atoms with Crippen LogP contribution in [0.25, 0.3) is 16.7 Å². The lowest BCUT2D eigenvalue weighted by molar-refractivity contribution is -0.115. The first-order valence-electron chi connectivity index (χ1n) is 10.9. The maximum Gasteiger partial charge on any atom is 0.267 e. The van der Waals surface area contributed by atoms with Gasteiger partial charge in [0, 0.05) is 24.3 Å². The SMILES string of the molecule is CC(=O)N(c1ccccc1)c1nc(CSc2nc3ccccc3c(=O)n2-c2ccc(C)cn2)cs1. The van der Waals surface area contributed by atoms with Crippen LogP contribution in [0.4, 0.5) is 10.8 Å². The van der Waals surface area contributed by atoms with Crippen molar-refractivity contribution in [3.05, 3.63) is 99.9 Å². The van der Waals surface area contributed by atoms with E-state index in [0.29, 0.717) is 32.8 Å². The van der Waals surface area contributed by atoms with E-state index in [1.807, 2.05) is 73.0 Å². The summed E-state index contributed by atoms with van der Waals surface area (Å²) in [5, 5.41) is 3.60. The summed E-state index contributed by atoms with van der Waals surface area (Å²) in [6.07, 6.45) is 1.73. The van der Waals surface area contributed by atoms with E-state index in [0.717, 1.165) is 16.9 Å². The Morgan fingerprint density at radius 1 is 1.03 bits per heavy atom. The number of aryl methyl sites for hydroxylation is 1. The van der Waals surface area contributed by atoms with Crippen molar-refractivity contribution in [2.24, 2.45) is 0 Å². The Kier molecular flexibility index (Phi) is 6.43. The summed E-state index contributed by atoms with van der Waals surface area (Å²) in [7, 11) is 0. The minimum Gasteiger partial charge on any atom is -0.274 e. The van der Waals surface area contributed by atoms with Crippen LogP contribution in [-0.4, -0.2) is 25.4 Å². The predicted octanol–water partition coefficient (Wildman–Crippen LogP) is 5.52. The minimum absolute atomic E-state index is 0.111. The van der Waals surface area contributed by atoms with Crippen molar-refractivity contribution in [2.75, 3.05) is 4.90 Å². The van der Waals surface area contributed by atoms with Gasteiger partial charge >= 0.3 is 0 Å². The molecule has 1 amide bonds. The van der Waals surface area contributed by atoms with Crippen molar-refractivity contribution in [1.82, 2.24) is 19.5 Å². The third-order valence-electron chi connectivity index (χ3n) is 5.28. The molecule has 7 nitrogen and oxygen atoms in total. The molecule has 0 saturated carbocycles. The zero-order valence-electron chi connectivity index (χ0n) is 19.1. The number of thiazole rings is 1. The van der Waals surface area contributed by atoms with Crippen LogP contribution in [0.5, 0.6) is 0 Å². The second-order valence-corrected chi connectivity index (χ2v) is 9.62. The summed E-state index contributed by atoms with van der Waals surface area (Å²) in [6, 6.07) is 20.5. The van der Waals surface area contributed by atoms with Crippen LogP contribution in [0.3, 0.4) is 0 Å². The highest BCUT2D eigenvalue weighted by molar-refractivity contribution is 7.98. The molecule has 9 heteroatoms. The summed E-state index contributed by atoms with van der Waals surface area (Å²) >= 11 is 2.81. The Balaban J connectivity index is 1.48. The topological polar surface area (TPSA) is 81.0 Å². The van der Waals surface area contributed by atoms with Crippen LogP contribution in [0.2, 0.25) is 0 Å². The number of carbonyl (C=O) groups is 1. The normalized spacial score (nSPS) is 11.0. The van der Waals surface area contributed by atoms with Gasteiger partial charge in [-0.25, -0.2) is 19.5 Å². The highest BCUT2D eigenvalue weighted by Gasteiger charge is 2.19. The largest absolute Gasteiger partial charge is 0.274 e. The Bertz CT molecular complexity index is 1560. The number of nitrogens with zero attached hydrogens (tertiary/aromatic N) is 5. The van der Waals surface area contributed by atoms with Crippen LogP contribution in [0.15, 0.2) is 88.3 Å². The van der Waals surface area contributed by atoms with Crippen molar-refractivity contribution in [3.63, 3.8) is 0 Å². The molecule has 0 aliphatic rings. The molecule has 0 atom stereocenters. The maximum absolute atomic E-state index is 13.4. The van der Waals surface area contributed by atoms with Gasteiger partial charge in [0.15, 0.2) is 10.3 Å². The van der Waals surface area contributed by atoms with Gasteiger partial charge < -0.3 is 0 Å². The van der Waals surface area contributed by atoms with Crippen molar-refractivity contribution in [2.45, 2.75) is 24.8 Å². The standard InChI is InChI=1S/C26H21N5O2S2/c1-17-12-13-23(27-14-17)31-24(33)21-10-6-7-11-22(21)29-26(31)35-16-19-15-34-25(28-19)30(18(2)32)20-8-4-3-5-9-20/h3-15H,16H2,1-2H3. The molecular weight excluding hydrogens is 478 g/mol. The number of hydrogen-bond acceptors (Lipinski definition) is 7. The molecular formula is C26H21N5O2S2. The monoisotopic (exact) mass is 499 g/mol. The number of hydrogen-bond donors (Lipinski definition) is 0. The Morgan fingerprint density at radius 3 is 2.54 bits per heavy atom. The second kappa shape index (κ2) is 9.81. The summed E-state index contributed by atoms with van der Waals surface area (Å²) in [5.74, 6) is 0.889. The second-order valence-electron chi connectivity index (χ2n) is 7.85. The maximum atomic E-state index is 13.4. The minimum atomic E-state index is -0.166. The molecule has 2 aromatic carbocycles. The van der Waals surface area contributed by atoms with Crippen LogP contribution < -0.4 is 10.5 Å². The molecule has 0 fully saturated rings. The number of pyridine rings is 1.